The summed E-state index contributed by atoms with van der Waals surface area (Å²) >= 11 is 0. The van der Waals surface area contributed by atoms with Crippen LogP contribution in [-0.4, -0.2) is 13.1 Å². The summed E-state index contributed by atoms with van der Waals surface area (Å²) in [6, 6.07) is 8.33. The zero-order valence-corrected chi connectivity index (χ0v) is 9.40. The van der Waals surface area contributed by atoms with E-state index < -0.39 is 0 Å². The Hall–Kier alpha value is -1.46. The van der Waals surface area contributed by atoms with E-state index in [1.165, 1.54) is 0 Å². The van der Waals surface area contributed by atoms with Crippen LogP contribution in [0.15, 0.2) is 24.3 Å². The second-order valence-corrected chi connectivity index (χ2v) is 3.60. The Morgan fingerprint density at radius 3 is 2.40 bits per heavy atom. The maximum absolute atomic E-state index is 5.79. The fourth-order valence-electron chi connectivity index (χ4n) is 1.48. The third-order valence-electron chi connectivity index (χ3n) is 2.45. The van der Waals surface area contributed by atoms with E-state index >= 15 is 0 Å². The molecule has 0 aromatic heterocycles. The fourth-order valence-corrected chi connectivity index (χ4v) is 1.48. The molecule has 2 heteroatoms. The number of anilines is 1. The van der Waals surface area contributed by atoms with Crippen LogP contribution in [-0.2, 0) is 0 Å². The maximum Gasteiger partial charge on any atom is 0.0791 e. The topological polar surface area (TPSA) is 29.3 Å². The van der Waals surface area contributed by atoms with Gasteiger partial charge in [-0.05, 0) is 31.5 Å². The van der Waals surface area contributed by atoms with Gasteiger partial charge in [-0.2, -0.15) is 0 Å². The van der Waals surface area contributed by atoms with Gasteiger partial charge in [0.2, 0.25) is 0 Å². The molecule has 0 saturated carbocycles. The maximum atomic E-state index is 5.79. The van der Waals surface area contributed by atoms with Crippen molar-refractivity contribution in [3.63, 3.8) is 0 Å². The van der Waals surface area contributed by atoms with Gasteiger partial charge in [0.1, 0.15) is 0 Å². The lowest BCUT2D eigenvalue weighted by atomic mass is 10.1. The van der Waals surface area contributed by atoms with Gasteiger partial charge < -0.3 is 10.6 Å². The zero-order chi connectivity index (χ0) is 11.3. The predicted molar refractivity (Wildman–Crippen MR) is 65.8 cm³/mol. The highest BCUT2D eigenvalue weighted by molar-refractivity contribution is 5.48. The Morgan fingerprint density at radius 2 is 2.00 bits per heavy atom. The quantitative estimate of drug-likeness (QED) is 0.758. The van der Waals surface area contributed by atoms with E-state index in [-0.39, 0.29) is 6.04 Å². The minimum atomic E-state index is 0.0850. The van der Waals surface area contributed by atoms with Crippen LogP contribution >= 0.6 is 0 Å². The van der Waals surface area contributed by atoms with E-state index in [4.69, 9.17) is 12.2 Å². The van der Waals surface area contributed by atoms with Gasteiger partial charge in [-0.1, -0.05) is 18.1 Å². The van der Waals surface area contributed by atoms with E-state index in [1.54, 1.807) is 0 Å². The summed E-state index contributed by atoms with van der Waals surface area (Å²) < 4.78 is 0. The molecule has 1 atom stereocenters. The lowest BCUT2D eigenvalue weighted by Crippen LogP contribution is -2.22. The molecule has 80 valence electrons. The van der Waals surface area contributed by atoms with E-state index in [0.29, 0.717) is 6.54 Å². The molecule has 0 aliphatic heterocycles. The van der Waals surface area contributed by atoms with Crippen molar-refractivity contribution in [1.82, 2.24) is 0 Å². The number of rotatable bonds is 4. The first-order chi connectivity index (χ1) is 7.19. The summed E-state index contributed by atoms with van der Waals surface area (Å²) in [5.74, 6) is 2.66. The SMILES string of the molecule is C#CCN(CC)c1ccc([C@@H](C)N)cc1. The van der Waals surface area contributed by atoms with Crippen LogP contribution in [0.3, 0.4) is 0 Å². The third-order valence-corrected chi connectivity index (χ3v) is 2.45. The molecule has 0 aliphatic rings. The molecule has 0 aliphatic carbocycles. The van der Waals surface area contributed by atoms with Crippen molar-refractivity contribution in [3.8, 4) is 12.3 Å². The molecule has 0 unspecified atom stereocenters. The molecule has 1 rings (SSSR count). The first-order valence-corrected chi connectivity index (χ1v) is 5.23. The number of nitrogens with zero attached hydrogens (tertiary/aromatic N) is 1. The largest absolute Gasteiger partial charge is 0.361 e. The molecule has 2 nitrogen and oxygen atoms in total. The third kappa shape index (κ3) is 3.00. The molecule has 0 spiro atoms. The predicted octanol–water partition coefficient (Wildman–Crippen LogP) is 2.17. The van der Waals surface area contributed by atoms with Gasteiger partial charge in [0.05, 0.1) is 6.54 Å². The van der Waals surface area contributed by atoms with Gasteiger partial charge in [0.15, 0.2) is 0 Å². The molecule has 1 aromatic carbocycles. The van der Waals surface area contributed by atoms with Crippen LogP contribution in [0.5, 0.6) is 0 Å². The Kier molecular flexibility index (Phi) is 4.20. The number of terminal acetylenes is 1. The van der Waals surface area contributed by atoms with Crippen LogP contribution in [0.25, 0.3) is 0 Å². The smallest absolute Gasteiger partial charge is 0.0791 e. The van der Waals surface area contributed by atoms with Crippen molar-refractivity contribution in [1.29, 1.82) is 0 Å². The number of nitrogens with two attached hydrogens (primary N) is 1. The Labute approximate surface area is 92.1 Å². The summed E-state index contributed by atoms with van der Waals surface area (Å²) in [6.45, 7) is 5.64. The number of hydrogen-bond donors (Lipinski definition) is 1. The van der Waals surface area contributed by atoms with E-state index in [1.807, 2.05) is 6.92 Å². The van der Waals surface area contributed by atoms with Crippen molar-refractivity contribution in [2.75, 3.05) is 18.0 Å². The number of hydrogen-bond acceptors (Lipinski definition) is 2. The van der Waals surface area contributed by atoms with Gasteiger partial charge in [0, 0.05) is 18.3 Å². The van der Waals surface area contributed by atoms with Gasteiger partial charge in [-0.15, -0.1) is 6.42 Å². The van der Waals surface area contributed by atoms with E-state index in [2.05, 4.69) is 42.0 Å². The second-order valence-electron chi connectivity index (χ2n) is 3.60. The molecule has 15 heavy (non-hydrogen) atoms. The van der Waals surface area contributed by atoms with Crippen molar-refractivity contribution in [2.24, 2.45) is 5.73 Å². The second kappa shape index (κ2) is 5.43. The molecule has 0 bridgehead atoms. The summed E-state index contributed by atoms with van der Waals surface area (Å²) in [6.07, 6.45) is 5.31. The van der Waals surface area contributed by atoms with E-state index in [0.717, 1.165) is 17.8 Å². The van der Waals surface area contributed by atoms with Crippen molar-refractivity contribution >= 4 is 5.69 Å². The summed E-state index contributed by atoms with van der Waals surface area (Å²) in [5, 5.41) is 0. The molecule has 2 N–H and O–H groups in total. The molecule has 0 fully saturated rings. The van der Waals surface area contributed by atoms with Gasteiger partial charge >= 0.3 is 0 Å². The lowest BCUT2D eigenvalue weighted by Gasteiger charge is -2.20. The van der Waals surface area contributed by atoms with Crippen LogP contribution in [0.4, 0.5) is 5.69 Å². The van der Waals surface area contributed by atoms with Crippen LogP contribution < -0.4 is 10.6 Å². The highest BCUT2D eigenvalue weighted by atomic mass is 15.1. The molecular formula is C13H18N2. The lowest BCUT2D eigenvalue weighted by molar-refractivity contribution is 0.817. The van der Waals surface area contributed by atoms with E-state index in [9.17, 15) is 0 Å². The van der Waals surface area contributed by atoms with Gasteiger partial charge in [-0.3, -0.25) is 0 Å². The Balaban J connectivity index is 2.83. The normalized spacial score (nSPS) is 11.9. The molecule has 0 saturated heterocycles. The summed E-state index contributed by atoms with van der Waals surface area (Å²) in [7, 11) is 0. The Morgan fingerprint density at radius 1 is 1.40 bits per heavy atom. The highest BCUT2D eigenvalue weighted by Gasteiger charge is 2.03. The standard InChI is InChI=1S/C13H18N2/c1-4-10-15(5-2)13-8-6-12(7-9-13)11(3)14/h1,6-9,11H,5,10,14H2,2-3H3/t11-/m1/s1. The van der Waals surface area contributed by atoms with Crippen molar-refractivity contribution in [3.05, 3.63) is 29.8 Å². The minimum Gasteiger partial charge on any atom is -0.361 e. The molecule has 0 amide bonds. The highest BCUT2D eigenvalue weighted by Crippen LogP contribution is 2.17. The van der Waals surface area contributed by atoms with Crippen molar-refractivity contribution < 1.29 is 0 Å². The monoisotopic (exact) mass is 202 g/mol. The number of benzene rings is 1. The average Bonchev–Trinajstić information content (AvgIpc) is 2.26. The summed E-state index contributed by atoms with van der Waals surface area (Å²) in [5.41, 5.74) is 8.09. The van der Waals surface area contributed by atoms with Gasteiger partial charge in [-0.25, -0.2) is 0 Å². The van der Waals surface area contributed by atoms with Gasteiger partial charge in [0.25, 0.3) is 0 Å². The first-order valence-electron chi connectivity index (χ1n) is 5.23. The Bertz CT molecular complexity index is 333. The zero-order valence-electron chi connectivity index (χ0n) is 9.40. The molecule has 1 aromatic rings. The molecular weight excluding hydrogens is 184 g/mol. The molecule has 0 heterocycles. The first kappa shape index (κ1) is 11.6. The molecule has 0 radical (unpaired) electrons. The van der Waals surface area contributed by atoms with Crippen LogP contribution in [0.1, 0.15) is 25.5 Å². The van der Waals surface area contributed by atoms with Crippen molar-refractivity contribution in [2.45, 2.75) is 19.9 Å². The summed E-state index contributed by atoms with van der Waals surface area (Å²) in [4.78, 5) is 2.14. The minimum absolute atomic E-state index is 0.0850. The van der Waals surface area contributed by atoms with Crippen LogP contribution in [0, 0.1) is 12.3 Å². The average molecular weight is 202 g/mol. The fraction of sp³-hybridized carbons (Fsp3) is 0.385. The van der Waals surface area contributed by atoms with Crippen LogP contribution in [0.2, 0.25) is 0 Å².